The molecule has 3 saturated heterocycles. The molecule has 0 unspecified atom stereocenters. The summed E-state index contributed by atoms with van der Waals surface area (Å²) in [5.74, 6) is -3.59. The molecule has 12 heteroatoms. The topological polar surface area (TPSA) is 164 Å². The molecule has 3 fully saturated rings. The average Bonchev–Trinajstić information content (AvgIpc) is 3.45. The molecule has 2 N–H and O–H groups in total. The van der Waals surface area contributed by atoms with E-state index < -0.39 is 64.7 Å². The molecule has 0 amide bonds. The van der Waals surface area contributed by atoms with Crippen molar-refractivity contribution in [1.82, 2.24) is 0 Å². The van der Waals surface area contributed by atoms with Crippen LogP contribution >= 0.6 is 0 Å². The van der Waals surface area contributed by atoms with Gasteiger partial charge in [0.2, 0.25) is 0 Å². The van der Waals surface area contributed by atoms with E-state index in [1.165, 1.54) is 29.8 Å². The molecule has 1 aromatic carbocycles. The first-order valence-electron chi connectivity index (χ1n) is 19.4. The minimum absolute atomic E-state index is 0.0215. The molecule has 55 heavy (non-hydrogen) atoms. The van der Waals surface area contributed by atoms with Gasteiger partial charge in [-0.25, -0.2) is 4.79 Å². The zero-order valence-corrected chi connectivity index (χ0v) is 32.8. The standard InChI is InChI=1S/C43H55NO11/c1-24(2)17-27(5)37-29(7)36(45)22-42(55-37)21-34-20-33(54-42)16-11-26(4)18-25(3)9-8-10-31-23-51-39-38(28(6)19-35(41(47)52-34)43(31,39)48)53-40(46)30-12-14-32(15-13-30)44(49)50/h8-15,17,19,24-25,29,33-39,45,48H,16,18,20-23H2,1-7H3/b9-8+,26-11+,27-17+,31-10+/t25-,29-,33+,34-,35-,36-,37+,38+,39+,42+,43+/m0/s1. The number of aliphatic hydroxyl groups excluding tert-OH is 1. The molecule has 4 aliphatic heterocycles. The van der Waals surface area contributed by atoms with Crippen LogP contribution in [0.4, 0.5) is 5.69 Å². The molecule has 12 nitrogen and oxygen atoms in total. The van der Waals surface area contributed by atoms with E-state index in [0.29, 0.717) is 24.0 Å². The maximum Gasteiger partial charge on any atom is 0.338 e. The molecule has 0 radical (unpaired) electrons. The van der Waals surface area contributed by atoms with Crippen LogP contribution in [0.2, 0.25) is 0 Å². The van der Waals surface area contributed by atoms with Gasteiger partial charge in [0.15, 0.2) is 11.9 Å². The molecule has 11 atom stereocenters. The number of nitro groups is 1. The van der Waals surface area contributed by atoms with E-state index in [4.69, 9.17) is 23.7 Å². The van der Waals surface area contributed by atoms with Crippen LogP contribution in [0.3, 0.4) is 0 Å². The van der Waals surface area contributed by atoms with Gasteiger partial charge in [-0.05, 0) is 74.3 Å². The molecular formula is C43H55NO11. The summed E-state index contributed by atoms with van der Waals surface area (Å²) >= 11 is 0. The summed E-state index contributed by atoms with van der Waals surface area (Å²) in [6.45, 7) is 14.0. The summed E-state index contributed by atoms with van der Waals surface area (Å²) in [7, 11) is 0. The van der Waals surface area contributed by atoms with Gasteiger partial charge in [-0.1, -0.05) is 69.7 Å². The van der Waals surface area contributed by atoms with E-state index in [1.54, 1.807) is 19.1 Å². The van der Waals surface area contributed by atoms with Gasteiger partial charge >= 0.3 is 11.9 Å². The van der Waals surface area contributed by atoms with Crippen LogP contribution in [0.5, 0.6) is 0 Å². The molecule has 298 valence electrons. The largest absolute Gasteiger partial charge is 0.462 e. The van der Waals surface area contributed by atoms with Crippen LogP contribution in [0.25, 0.3) is 0 Å². The minimum Gasteiger partial charge on any atom is -0.462 e. The Kier molecular flexibility index (Phi) is 12.0. The van der Waals surface area contributed by atoms with Crippen molar-refractivity contribution in [3.63, 3.8) is 0 Å². The van der Waals surface area contributed by atoms with Gasteiger partial charge in [0.1, 0.15) is 23.7 Å². The van der Waals surface area contributed by atoms with E-state index in [1.807, 2.05) is 26.0 Å². The summed E-state index contributed by atoms with van der Waals surface area (Å²) in [6, 6.07) is 5.04. The Hall–Kier alpha value is -3.94. The average molecular weight is 762 g/mol. The van der Waals surface area contributed by atoms with Crippen LogP contribution in [0, 0.1) is 33.8 Å². The maximum absolute atomic E-state index is 14.5. The Morgan fingerprint density at radius 3 is 2.53 bits per heavy atom. The number of non-ortho nitro benzene ring substituents is 1. The molecular weight excluding hydrogens is 706 g/mol. The van der Waals surface area contributed by atoms with Gasteiger partial charge in [-0.2, -0.15) is 0 Å². The normalized spacial score (nSPS) is 39.5. The molecule has 0 aromatic heterocycles. The number of allylic oxidation sites excluding steroid dienone is 5. The van der Waals surface area contributed by atoms with E-state index in [0.717, 1.165) is 12.0 Å². The molecule has 1 aliphatic carbocycles. The van der Waals surface area contributed by atoms with Crippen molar-refractivity contribution in [1.29, 1.82) is 0 Å². The van der Waals surface area contributed by atoms with E-state index in [2.05, 4.69) is 39.8 Å². The fourth-order valence-electron chi connectivity index (χ4n) is 8.89. The lowest BCUT2D eigenvalue weighted by molar-refractivity contribution is -0.384. The second-order valence-corrected chi connectivity index (χ2v) is 16.6. The number of hydrogen-bond acceptors (Lipinski definition) is 11. The van der Waals surface area contributed by atoms with Gasteiger partial charge < -0.3 is 33.9 Å². The van der Waals surface area contributed by atoms with Gasteiger partial charge in [-0.3, -0.25) is 14.9 Å². The third-order valence-electron chi connectivity index (χ3n) is 11.6. The number of nitrogens with zero attached hydrogens (tertiary/aromatic N) is 1. The first kappa shape index (κ1) is 40.7. The zero-order valence-electron chi connectivity index (χ0n) is 32.8. The van der Waals surface area contributed by atoms with Crippen LogP contribution in [0.15, 0.2) is 83.0 Å². The highest BCUT2D eigenvalue weighted by molar-refractivity contribution is 5.90. The molecule has 4 heterocycles. The Balaban J connectivity index is 1.35. The highest BCUT2D eigenvalue weighted by Gasteiger charge is 2.61. The predicted octanol–water partition coefficient (Wildman–Crippen LogP) is 6.86. The summed E-state index contributed by atoms with van der Waals surface area (Å²) in [6.07, 6.45) is 9.31. The number of carbonyl (C=O) groups is 2. The van der Waals surface area contributed by atoms with Crippen molar-refractivity contribution in [2.24, 2.45) is 23.7 Å². The lowest BCUT2D eigenvalue weighted by Gasteiger charge is -2.51. The van der Waals surface area contributed by atoms with E-state index >= 15 is 0 Å². The summed E-state index contributed by atoms with van der Waals surface area (Å²) < 4.78 is 32.1. The summed E-state index contributed by atoms with van der Waals surface area (Å²) in [4.78, 5) is 38.4. The Morgan fingerprint density at radius 2 is 1.84 bits per heavy atom. The van der Waals surface area contributed by atoms with E-state index in [9.17, 15) is 29.9 Å². The molecule has 1 aromatic rings. The van der Waals surface area contributed by atoms with Crippen LogP contribution in [-0.2, 0) is 28.5 Å². The van der Waals surface area contributed by atoms with Gasteiger partial charge in [0.25, 0.3) is 5.69 Å². The highest BCUT2D eigenvalue weighted by Crippen LogP contribution is 2.48. The predicted molar refractivity (Wildman–Crippen MR) is 204 cm³/mol. The first-order valence-corrected chi connectivity index (χ1v) is 19.4. The number of benzene rings is 1. The number of hydrogen-bond donors (Lipinski definition) is 2. The van der Waals surface area contributed by atoms with Gasteiger partial charge in [-0.15, -0.1) is 0 Å². The Bertz CT molecular complexity index is 1790. The third-order valence-corrected chi connectivity index (χ3v) is 11.6. The van der Waals surface area contributed by atoms with Crippen molar-refractivity contribution < 1.29 is 48.4 Å². The fraction of sp³-hybridized carbons (Fsp3) is 0.581. The van der Waals surface area contributed by atoms with Gasteiger partial charge in [0, 0.05) is 37.3 Å². The van der Waals surface area contributed by atoms with Crippen LogP contribution in [-0.4, -0.2) is 81.7 Å². The number of carbonyl (C=O) groups excluding carboxylic acids is 2. The summed E-state index contributed by atoms with van der Waals surface area (Å²) in [5, 5.41) is 35.3. The lowest BCUT2D eigenvalue weighted by Crippen LogP contribution is -2.60. The second-order valence-electron chi connectivity index (χ2n) is 16.6. The smallest absolute Gasteiger partial charge is 0.338 e. The van der Waals surface area contributed by atoms with Crippen molar-refractivity contribution in [2.45, 2.75) is 129 Å². The molecule has 1 spiro atoms. The van der Waals surface area contributed by atoms with Crippen molar-refractivity contribution in [3.05, 3.63) is 98.7 Å². The second kappa shape index (κ2) is 16.3. The fourth-order valence-corrected chi connectivity index (χ4v) is 8.89. The number of ether oxygens (including phenoxy) is 5. The summed E-state index contributed by atoms with van der Waals surface area (Å²) in [5.41, 5.74) is 1.08. The van der Waals surface area contributed by atoms with Crippen molar-refractivity contribution >= 4 is 17.6 Å². The zero-order chi connectivity index (χ0) is 39.8. The van der Waals surface area contributed by atoms with Crippen molar-refractivity contribution in [3.8, 4) is 0 Å². The maximum atomic E-state index is 14.5. The van der Waals surface area contributed by atoms with Crippen molar-refractivity contribution in [2.75, 3.05) is 6.61 Å². The Labute approximate surface area is 323 Å². The molecule has 5 aliphatic rings. The minimum atomic E-state index is -1.93. The third kappa shape index (κ3) is 8.58. The lowest BCUT2D eigenvalue weighted by atomic mass is 9.70. The number of nitro benzene ring substituents is 1. The Morgan fingerprint density at radius 1 is 1.11 bits per heavy atom. The van der Waals surface area contributed by atoms with Gasteiger partial charge in [0.05, 0.1) is 35.4 Å². The highest BCUT2D eigenvalue weighted by atomic mass is 16.7. The molecule has 0 saturated carbocycles. The van der Waals surface area contributed by atoms with Crippen LogP contribution < -0.4 is 0 Å². The van der Waals surface area contributed by atoms with E-state index in [-0.39, 0.29) is 54.6 Å². The monoisotopic (exact) mass is 761 g/mol. The van der Waals surface area contributed by atoms with Crippen LogP contribution in [0.1, 0.15) is 90.9 Å². The number of aliphatic hydroxyl groups is 2. The molecule has 6 rings (SSSR count). The number of esters is 2. The SMILES string of the molecule is CC1=C[C@H]2C(=O)O[C@H]3C[C@@H](C/C=C(\C)C[C@@H](C)/C=C/C=C4\CO[C@H]([C@@H]1OC(=O)c1ccc([N+](=O)[O-])cc1)[C@@]42O)O[C@@]1(C3)C[C@H](O)[C@H](C)[C@@H](/C(C)=C/C(C)C)O1. The number of rotatable bonds is 5. The quantitative estimate of drug-likeness (QED) is 0.139. The first-order chi connectivity index (χ1) is 26.0. The molecule has 2 bridgehead atoms. The number of fused-ring (bicyclic) bond motifs is 2.